The van der Waals surface area contributed by atoms with Crippen LogP contribution in [0.15, 0.2) is 18.3 Å². The smallest absolute Gasteiger partial charge is 0.270 e. The summed E-state index contributed by atoms with van der Waals surface area (Å²) in [7, 11) is 0. The number of nitrogens with zero attached hydrogens (tertiary/aromatic N) is 2. The molecule has 2 aliphatic rings. The lowest BCUT2D eigenvalue weighted by Crippen LogP contribution is -2.41. The van der Waals surface area contributed by atoms with E-state index in [1.807, 2.05) is 18.3 Å². The van der Waals surface area contributed by atoms with Crippen LogP contribution < -0.4 is 5.32 Å². The van der Waals surface area contributed by atoms with Crippen molar-refractivity contribution in [3.8, 4) is 0 Å². The van der Waals surface area contributed by atoms with Gasteiger partial charge in [0.15, 0.2) is 0 Å². The van der Waals surface area contributed by atoms with E-state index in [4.69, 9.17) is 0 Å². The third kappa shape index (κ3) is 2.90. The number of amides is 1. The number of aryl methyl sites for hydroxylation is 1. The molecule has 1 amide bonds. The van der Waals surface area contributed by atoms with Crippen molar-refractivity contribution in [2.45, 2.75) is 45.2 Å². The fourth-order valence-corrected chi connectivity index (χ4v) is 3.16. The Morgan fingerprint density at radius 1 is 1.35 bits per heavy atom. The molecule has 2 heterocycles. The molecular formula is C16H25N3O. The molecule has 0 aromatic carbocycles. The van der Waals surface area contributed by atoms with Crippen molar-refractivity contribution in [1.82, 2.24) is 14.8 Å². The van der Waals surface area contributed by atoms with Crippen LogP contribution in [-0.4, -0.2) is 41.1 Å². The molecule has 4 heteroatoms. The Labute approximate surface area is 121 Å². The maximum Gasteiger partial charge on any atom is 0.270 e. The zero-order valence-electron chi connectivity index (χ0n) is 12.3. The molecule has 2 fully saturated rings. The molecule has 110 valence electrons. The van der Waals surface area contributed by atoms with Crippen LogP contribution in [0.1, 0.15) is 43.1 Å². The monoisotopic (exact) mass is 275 g/mol. The number of piperidine rings is 1. The molecule has 0 spiro atoms. The lowest BCUT2D eigenvalue weighted by molar-refractivity contribution is 0.0691. The number of hydrogen-bond donors (Lipinski definition) is 1. The van der Waals surface area contributed by atoms with E-state index >= 15 is 0 Å². The molecule has 0 atom stereocenters. The van der Waals surface area contributed by atoms with E-state index in [0.717, 1.165) is 31.9 Å². The van der Waals surface area contributed by atoms with Crippen LogP contribution in [0.25, 0.3) is 0 Å². The fraction of sp³-hybridized carbons (Fsp3) is 0.688. The minimum absolute atomic E-state index is 0.234. The van der Waals surface area contributed by atoms with Crippen LogP contribution in [0, 0.1) is 5.92 Å². The van der Waals surface area contributed by atoms with E-state index in [1.54, 1.807) is 0 Å². The van der Waals surface area contributed by atoms with Crippen LogP contribution in [0.3, 0.4) is 0 Å². The van der Waals surface area contributed by atoms with E-state index in [9.17, 15) is 4.79 Å². The van der Waals surface area contributed by atoms with Crippen molar-refractivity contribution in [3.05, 3.63) is 24.0 Å². The Hall–Kier alpha value is -1.29. The lowest BCUT2D eigenvalue weighted by Gasteiger charge is -2.30. The van der Waals surface area contributed by atoms with Crippen LogP contribution in [0.5, 0.6) is 0 Å². The van der Waals surface area contributed by atoms with Gasteiger partial charge in [0.1, 0.15) is 5.69 Å². The van der Waals surface area contributed by atoms with Crippen molar-refractivity contribution in [2.75, 3.05) is 19.6 Å². The first-order chi connectivity index (χ1) is 9.79. The van der Waals surface area contributed by atoms with E-state index in [-0.39, 0.29) is 5.91 Å². The summed E-state index contributed by atoms with van der Waals surface area (Å²) in [6.07, 6.45) is 6.77. The second-order valence-corrected chi connectivity index (χ2v) is 6.06. The Morgan fingerprint density at radius 3 is 2.75 bits per heavy atom. The first kappa shape index (κ1) is 13.7. The zero-order valence-corrected chi connectivity index (χ0v) is 12.3. The van der Waals surface area contributed by atoms with Gasteiger partial charge in [0, 0.05) is 25.3 Å². The number of hydrogen-bond acceptors (Lipinski definition) is 2. The molecule has 0 radical (unpaired) electrons. The van der Waals surface area contributed by atoms with Crippen LogP contribution in [0.4, 0.5) is 0 Å². The molecule has 1 aromatic rings. The van der Waals surface area contributed by atoms with Crippen molar-refractivity contribution in [1.29, 1.82) is 0 Å². The molecule has 0 unspecified atom stereocenters. The summed E-state index contributed by atoms with van der Waals surface area (Å²) in [5.74, 6) is 0.906. The number of rotatable bonds is 5. The number of carbonyl (C=O) groups excluding carboxylic acids is 1. The normalized spacial score (nSPS) is 20.1. The first-order valence-corrected chi connectivity index (χ1v) is 7.96. The second kappa shape index (κ2) is 6.00. The van der Waals surface area contributed by atoms with Gasteiger partial charge in [0.2, 0.25) is 0 Å². The molecular weight excluding hydrogens is 250 g/mol. The maximum absolute atomic E-state index is 12.8. The molecule has 0 bridgehead atoms. The second-order valence-electron chi connectivity index (χ2n) is 6.06. The predicted molar refractivity (Wildman–Crippen MR) is 79.8 cm³/mol. The van der Waals surface area contributed by atoms with E-state index in [2.05, 4.69) is 21.7 Å². The minimum atomic E-state index is 0.234. The molecule has 1 aliphatic carbocycles. The van der Waals surface area contributed by atoms with Crippen molar-refractivity contribution >= 4 is 5.91 Å². The van der Waals surface area contributed by atoms with Crippen molar-refractivity contribution in [3.63, 3.8) is 0 Å². The van der Waals surface area contributed by atoms with E-state index < -0.39 is 0 Å². The van der Waals surface area contributed by atoms with Crippen molar-refractivity contribution < 1.29 is 4.79 Å². The third-order valence-corrected chi connectivity index (χ3v) is 4.55. The van der Waals surface area contributed by atoms with Gasteiger partial charge >= 0.3 is 0 Å². The van der Waals surface area contributed by atoms with Crippen LogP contribution >= 0.6 is 0 Å². The first-order valence-electron chi connectivity index (χ1n) is 7.96. The molecule has 1 aromatic heterocycles. The van der Waals surface area contributed by atoms with Gasteiger partial charge in [-0.2, -0.15) is 0 Å². The summed E-state index contributed by atoms with van der Waals surface area (Å²) in [5.41, 5.74) is 0.855. The van der Waals surface area contributed by atoms with E-state index in [0.29, 0.717) is 12.0 Å². The minimum Gasteiger partial charge on any atom is -0.344 e. The van der Waals surface area contributed by atoms with Gasteiger partial charge in [-0.1, -0.05) is 0 Å². The number of aromatic nitrogens is 1. The summed E-state index contributed by atoms with van der Waals surface area (Å²) >= 11 is 0. The van der Waals surface area contributed by atoms with Gasteiger partial charge in [-0.25, -0.2) is 0 Å². The number of nitrogens with one attached hydrogen (secondary N) is 1. The summed E-state index contributed by atoms with van der Waals surface area (Å²) in [4.78, 5) is 15.0. The highest BCUT2D eigenvalue weighted by Crippen LogP contribution is 2.30. The highest BCUT2D eigenvalue weighted by Gasteiger charge is 2.35. The summed E-state index contributed by atoms with van der Waals surface area (Å²) in [6.45, 7) is 6.09. The Kier molecular flexibility index (Phi) is 4.10. The Balaban J connectivity index is 1.71. The zero-order chi connectivity index (χ0) is 13.9. The fourth-order valence-electron chi connectivity index (χ4n) is 3.16. The molecule has 4 nitrogen and oxygen atoms in total. The molecule has 1 N–H and O–H groups in total. The highest BCUT2D eigenvalue weighted by molar-refractivity contribution is 5.93. The molecule has 20 heavy (non-hydrogen) atoms. The van der Waals surface area contributed by atoms with Gasteiger partial charge in [-0.15, -0.1) is 0 Å². The van der Waals surface area contributed by atoms with Crippen LogP contribution in [0.2, 0.25) is 0 Å². The lowest BCUT2D eigenvalue weighted by atomic mass is 9.97. The molecule has 1 saturated heterocycles. The standard InChI is InChI=1S/C16H25N3O/c1-2-18-11-3-4-15(18)16(20)19(14-5-6-14)12-13-7-9-17-10-8-13/h3-4,11,13-14,17H,2,5-10,12H2,1H3. The summed E-state index contributed by atoms with van der Waals surface area (Å²) in [5, 5.41) is 3.40. The van der Waals surface area contributed by atoms with Gasteiger partial charge in [0.25, 0.3) is 5.91 Å². The summed E-state index contributed by atoms with van der Waals surface area (Å²) in [6, 6.07) is 4.44. The predicted octanol–water partition coefficient (Wildman–Crippen LogP) is 2.11. The Morgan fingerprint density at radius 2 is 2.10 bits per heavy atom. The summed E-state index contributed by atoms with van der Waals surface area (Å²) < 4.78 is 2.06. The largest absolute Gasteiger partial charge is 0.344 e. The van der Waals surface area contributed by atoms with Gasteiger partial charge < -0.3 is 14.8 Å². The molecule has 3 rings (SSSR count). The molecule has 1 aliphatic heterocycles. The topological polar surface area (TPSA) is 37.3 Å². The van der Waals surface area contributed by atoms with E-state index in [1.165, 1.54) is 25.7 Å². The van der Waals surface area contributed by atoms with Crippen LogP contribution in [-0.2, 0) is 6.54 Å². The number of carbonyl (C=O) groups is 1. The van der Waals surface area contributed by atoms with Gasteiger partial charge in [-0.05, 0) is 63.7 Å². The van der Waals surface area contributed by atoms with Crippen molar-refractivity contribution in [2.24, 2.45) is 5.92 Å². The third-order valence-electron chi connectivity index (χ3n) is 4.55. The van der Waals surface area contributed by atoms with Gasteiger partial charge in [0.05, 0.1) is 0 Å². The average Bonchev–Trinajstić information content (AvgIpc) is 3.21. The van der Waals surface area contributed by atoms with Gasteiger partial charge in [-0.3, -0.25) is 4.79 Å². The molecule has 1 saturated carbocycles. The average molecular weight is 275 g/mol. The Bertz CT molecular complexity index is 458. The quantitative estimate of drug-likeness (QED) is 0.893. The SMILES string of the molecule is CCn1cccc1C(=O)N(CC1CCNCC1)C1CC1. The maximum atomic E-state index is 12.8. The highest BCUT2D eigenvalue weighted by atomic mass is 16.2.